The van der Waals surface area contributed by atoms with Crippen LogP contribution in [0.4, 0.5) is 5.82 Å². The molecule has 0 saturated heterocycles. The van der Waals surface area contributed by atoms with Crippen molar-refractivity contribution >= 4 is 11.7 Å². The summed E-state index contributed by atoms with van der Waals surface area (Å²) in [5.74, 6) is 1.25. The van der Waals surface area contributed by atoms with Crippen LogP contribution in [0.1, 0.15) is 30.6 Å². The zero-order valence-electron chi connectivity index (χ0n) is 9.66. The van der Waals surface area contributed by atoms with E-state index < -0.39 is 0 Å². The molecule has 1 amide bonds. The van der Waals surface area contributed by atoms with Gasteiger partial charge in [0.25, 0.3) is 5.91 Å². The van der Waals surface area contributed by atoms with Crippen LogP contribution in [0.2, 0.25) is 0 Å². The number of hydrogen-bond acceptors (Lipinski definition) is 3. The minimum atomic E-state index is -0.0293. The molecule has 2 rings (SSSR count). The molecule has 4 nitrogen and oxygen atoms in total. The van der Waals surface area contributed by atoms with E-state index in [4.69, 9.17) is 0 Å². The molecule has 86 valence electrons. The van der Waals surface area contributed by atoms with Crippen molar-refractivity contribution in [3.63, 3.8) is 0 Å². The number of hydrogen-bond donors (Lipinski definition) is 2. The van der Waals surface area contributed by atoms with E-state index in [2.05, 4.69) is 22.5 Å². The van der Waals surface area contributed by atoms with Gasteiger partial charge in [-0.1, -0.05) is 6.92 Å². The normalized spacial score (nSPS) is 22.6. The summed E-state index contributed by atoms with van der Waals surface area (Å²) in [4.78, 5) is 16.1. The highest BCUT2D eigenvalue weighted by Gasteiger charge is 2.34. The number of pyridine rings is 1. The van der Waals surface area contributed by atoms with Crippen LogP contribution in [-0.2, 0) is 0 Å². The molecule has 0 bridgehead atoms. The molecule has 2 atom stereocenters. The van der Waals surface area contributed by atoms with Crippen LogP contribution in [0.5, 0.6) is 0 Å². The van der Waals surface area contributed by atoms with Crippen molar-refractivity contribution in [2.75, 3.05) is 11.9 Å². The van der Waals surface area contributed by atoms with Gasteiger partial charge in [0.15, 0.2) is 0 Å². The first kappa shape index (κ1) is 10.9. The lowest BCUT2D eigenvalue weighted by molar-refractivity contribution is 0.0950. The Morgan fingerprint density at radius 2 is 2.38 bits per heavy atom. The Kier molecular flexibility index (Phi) is 3.08. The Labute approximate surface area is 95.5 Å². The molecule has 1 aliphatic rings. The topological polar surface area (TPSA) is 54.0 Å². The number of carbonyl (C=O) groups excluding carboxylic acids is 1. The molecule has 2 unspecified atom stereocenters. The molecule has 1 aromatic rings. The average Bonchev–Trinajstić information content (AvgIpc) is 2.95. The van der Waals surface area contributed by atoms with Crippen LogP contribution in [0.15, 0.2) is 18.3 Å². The molecule has 4 heteroatoms. The van der Waals surface area contributed by atoms with Gasteiger partial charge in [-0.2, -0.15) is 0 Å². The zero-order valence-corrected chi connectivity index (χ0v) is 9.66. The van der Waals surface area contributed by atoms with Crippen molar-refractivity contribution in [1.82, 2.24) is 10.3 Å². The van der Waals surface area contributed by atoms with Gasteiger partial charge in [-0.3, -0.25) is 4.79 Å². The fourth-order valence-corrected chi connectivity index (χ4v) is 1.67. The van der Waals surface area contributed by atoms with Crippen LogP contribution in [0.25, 0.3) is 0 Å². The molecule has 1 aliphatic carbocycles. The van der Waals surface area contributed by atoms with Gasteiger partial charge in [0.2, 0.25) is 0 Å². The van der Waals surface area contributed by atoms with E-state index in [-0.39, 0.29) is 5.91 Å². The Balaban J connectivity index is 2.09. The average molecular weight is 219 g/mol. The number of carbonyl (C=O) groups is 1. The molecule has 1 saturated carbocycles. The maximum Gasteiger partial charge on any atom is 0.255 e. The smallest absolute Gasteiger partial charge is 0.255 e. The number of nitrogens with zero attached hydrogens (tertiary/aromatic N) is 1. The standard InChI is InChI=1S/C12H17N3O/c1-3-13-11-9(5-4-6-14-11)12(16)15-10-7-8(10)2/h4-6,8,10H,3,7H2,1-2H3,(H,13,14)(H,15,16). The van der Waals surface area contributed by atoms with Crippen LogP contribution >= 0.6 is 0 Å². The quantitative estimate of drug-likeness (QED) is 0.809. The molecule has 1 aromatic heterocycles. The summed E-state index contributed by atoms with van der Waals surface area (Å²) >= 11 is 0. The summed E-state index contributed by atoms with van der Waals surface area (Å²) in [6, 6.07) is 3.93. The lowest BCUT2D eigenvalue weighted by atomic mass is 10.2. The SMILES string of the molecule is CCNc1ncccc1C(=O)NC1CC1C. The number of amides is 1. The second-order valence-electron chi connectivity index (χ2n) is 4.22. The first-order valence-corrected chi connectivity index (χ1v) is 5.72. The monoisotopic (exact) mass is 219 g/mol. The van der Waals surface area contributed by atoms with Crippen molar-refractivity contribution < 1.29 is 4.79 Å². The van der Waals surface area contributed by atoms with E-state index in [1.165, 1.54) is 0 Å². The van der Waals surface area contributed by atoms with Crippen LogP contribution in [-0.4, -0.2) is 23.5 Å². The fraction of sp³-hybridized carbons (Fsp3) is 0.500. The number of anilines is 1. The molecular weight excluding hydrogens is 202 g/mol. The van der Waals surface area contributed by atoms with Gasteiger partial charge in [0.1, 0.15) is 5.82 Å². The number of nitrogens with one attached hydrogen (secondary N) is 2. The van der Waals surface area contributed by atoms with E-state index in [1.54, 1.807) is 18.3 Å². The van der Waals surface area contributed by atoms with E-state index in [0.29, 0.717) is 23.3 Å². The summed E-state index contributed by atoms with van der Waals surface area (Å²) in [6.45, 7) is 4.88. The van der Waals surface area contributed by atoms with Gasteiger partial charge in [-0.25, -0.2) is 4.98 Å². The summed E-state index contributed by atoms with van der Waals surface area (Å²) < 4.78 is 0. The summed E-state index contributed by atoms with van der Waals surface area (Å²) in [5.41, 5.74) is 0.628. The molecular formula is C12H17N3O. The van der Waals surface area contributed by atoms with Gasteiger partial charge in [-0.05, 0) is 31.4 Å². The lowest BCUT2D eigenvalue weighted by Crippen LogP contribution is -2.27. The van der Waals surface area contributed by atoms with Crippen LogP contribution in [0, 0.1) is 5.92 Å². The summed E-state index contributed by atoms with van der Waals surface area (Å²) in [6.07, 6.45) is 2.77. The van der Waals surface area contributed by atoms with Crippen molar-refractivity contribution in [2.24, 2.45) is 5.92 Å². The molecule has 1 heterocycles. The first-order valence-electron chi connectivity index (χ1n) is 5.72. The minimum Gasteiger partial charge on any atom is -0.370 e. The van der Waals surface area contributed by atoms with Crippen molar-refractivity contribution in [3.8, 4) is 0 Å². The van der Waals surface area contributed by atoms with Gasteiger partial charge in [-0.15, -0.1) is 0 Å². The maximum atomic E-state index is 11.9. The van der Waals surface area contributed by atoms with Gasteiger partial charge in [0.05, 0.1) is 5.56 Å². The van der Waals surface area contributed by atoms with Crippen molar-refractivity contribution in [1.29, 1.82) is 0 Å². The van der Waals surface area contributed by atoms with Crippen LogP contribution < -0.4 is 10.6 Å². The van der Waals surface area contributed by atoms with E-state index >= 15 is 0 Å². The van der Waals surface area contributed by atoms with Gasteiger partial charge < -0.3 is 10.6 Å². The zero-order chi connectivity index (χ0) is 11.5. The molecule has 0 aromatic carbocycles. The maximum absolute atomic E-state index is 11.9. The van der Waals surface area contributed by atoms with Crippen molar-refractivity contribution in [3.05, 3.63) is 23.9 Å². The number of aromatic nitrogens is 1. The van der Waals surface area contributed by atoms with Gasteiger partial charge in [0, 0.05) is 18.8 Å². The highest BCUT2D eigenvalue weighted by Crippen LogP contribution is 2.29. The Morgan fingerprint density at radius 1 is 1.62 bits per heavy atom. The van der Waals surface area contributed by atoms with Gasteiger partial charge >= 0.3 is 0 Å². The van der Waals surface area contributed by atoms with E-state index in [0.717, 1.165) is 13.0 Å². The van der Waals surface area contributed by atoms with Crippen LogP contribution in [0.3, 0.4) is 0 Å². The first-order chi connectivity index (χ1) is 7.72. The third kappa shape index (κ3) is 2.32. The third-order valence-corrected chi connectivity index (χ3v) is 2.82. The predicted octanol–water partition coefficient (Wildman–Crippen LogP) is 1.65. The molecule has 2 N–H and O–H groups in total. The predicted molar refractivity (Wildman–Crippen MR) is 63.4 cm³/mol. The highest BCUT2D eigenvalue weighted by atomic mass is 16.1. The minimum absolute atomic E-state index is 0.0293. The third-order valence-electron chi connectivity index (χ3n) is 2.82. The molecule has 0 aliphatic heterocycles. The molecule has 16 heavy (non-hydrogen) atoms. The molecule has 0 radical (unpaired) electrons. The Hall–Kier alpha value is -1.58. The Bertz CT molecular complexity index is 392. The molecule has 1 fully saturated rings. The number of rotatable bonds is 4. The lowest BCUT2D eigenvalue weighted by Gasteiger charge is -2.09. The Morgan fingerprint density at radius 3 is 3.00 bits per heavy atom. The van der Waals surface area contributed by atoms with Crippen molar-refractivity contribution in [2.45, 2.75) is 26.3 Å². The second kappa shape index (κ2) is 4.51. The second-order valence-corrected chi connectivity index (χ2v) is 4.22. The van der Waals surface area contributed by atoms with E-state index in [1.807, 2.05) is 6.92 Å². The highest BCUT2D eigenvalue weighted by molar-refractivity contribution is 5.99. The van der Waals surface area contributed by atoms with E-state index in [9.17, 15) is 4.79 Å². The summed E-state index contributed by atoms with van der Waals surface area (Å²) in [7, 11) is 0. The largest absolute Gasteiger partial charge is 0.370 e. The fourth-order valence-electron chi connectivity index (χ4n) is 1.67. The molecule has 0 spiro atoms. The summed E-state index contributed by atoms with van der Waals surface area (Å²) in [5, 5.41) is 6.09.